The summed E-state index contributed by atoms with van der Waals surface area (Å²) in [4.78, 5) is 15.7. The molecule has 0 aliphatic carbocycles. The van der Waals surface area contributed by atoms with Gasteiger partial charge in [0.05, 0.1) is 0 Å². The zero-order valence-electron chi connectivity index (χ0n) is 12.7. The van der Waals surface area contributed by atoms with E-state index in [1.54, 1.807) is 0 Å². The van der Waals surface area contributed by atoms with Crippen molar-refractivity contribution >= 4 is 5.91 Å². The predicted octanol–water partition coefficient (Wildman–Crippen LogP) is 2.61. The number of H-pyrrole nitrogens is 1. The minimum Gasteiger partial charge on any atom is -0.351 e. The summed E-state index contributed by atoms with van der Waals surface area (Å²) < 4.78 is 0. The molecule has 22 heavy (non-hydrogen) atoms. The number of aromatic amines is 1. The van der Waals surface area contributed by atoms with E-state index in [-0.39, 0.29) is 11.9 Å². The van der Waals surface area contributed by atoms with E-state index in [0.29, 0.717) is 17.8 Å². The first-order chi connectivity index (χ1) is 10.7. The number of aryl methyl sites for hydroxylation is 1. The van der Waals surface area contributed by atoms with E-state index in [9.17, 15) is 4.79 Å². The summed E-state index contributed by atoms with van der Waals surface area (Å²) in [5.41, 5.74) is 3.98. The lowest BCUT2D eigenvalue weighted by Gasteiger charge is -2.21. The highest BCUT2D eigenvalue weighted by atomic mass is 16.2. The number of fused-ring (bicyclic) bond motifs is 2. The maximum atomic E-state index is 12.4. The first-order valence-corrected chi connectivity index (χ1v) is 8.02. The van der Waals surface area contributed by atoms with Gasteiger partial charge in [-0.1, -0.05) is 24.3 Å². The fraction of sp³-hybridized carbons (Fsp3) is 0.389. The maximum Gasteiger partial charge on any atom is 0.267 e. The van der Waals surface area contributed by atoms with Crippen LogP contribution >= 0.6 is 0 Å². The third-order valence-corrected chi connectivity index (χ3v) is 4.98. The zero-order chi connectivity index (χ0) is 15.1. The minimum atomic E-state index is -0.000755. The molecule has 3 heterocycles. The van der Waals surface area contributed by atoms with Gasteiger partial charge in [0.2, 0.25) is 0 Å². The average molecular weight is 295 g/mol. The number of rotatable bonds is 3. The molecule has 1 aromatic heterocycles. The van der Waals surface area contributed by atoms with Crippen molar-refractivity contribution in [3.63, 3.8) is 0 Å². The Bertz CT molecular complexity index is 706. The lowest BCUT2D eigenvalue weighted by molar-refractivity contribution is 0.0926. The van der Waals surface area contributed by atoms with Gasteiger partial charge in [-0.3, -0.25) is 4.79 Å². The van der Waals surface area contributed by atoms with Crippen LogP contribution in [0.2, 0.25) is 0 Å². The Hall–Kier alpha value is -2.07. The van der Waals surface area contributed by atoms with E-state index >= 15 is 0 Å². The number of hydrogen-bond donors (Lipinski definition) is 3. The van der Waals surface area contributed by atoms with Crippen molar-refractivity contribution in [3.8, 4) is 11.3 Å². The van der Waals surface area contributed by atoms with Crippen LogP contribution in [0.5, 0.6) is 0 Å². The highest BCUT2D eigenvalue weighted by molar-refractivity contribution is 5.93. The fourth-order valence-electron chi connectivity index (χ4n) is 3.79. The van der Waals surface area contributed by atoms with Crippen LogP contribution in [0, 0.1) is 6.92 Å². The van der Waals surface area contributed by atoms with Crippen LogP contribution in [-0.2, 0) is 0 Å². The lowest BCUT2D eigenvalue weighted by atomic mass is 9.95. The van der Waals surface area contributed by atoms with Gasteiger partial charge in [-0.05, 0) is 43.9 Å². The van der Waals surface area contributed by atoms with Gasteiger partial charge in [0.1, 0.15) is 5.69 Å². The molecule has 2 aliphatic heterocycles. The van der Waals surface area contributed by atoms with Gasteiger partial charge >= 0.3 is 0 Å². The van der Waals surface area contributed by atoms with Crippen LogP contribution < -0.4 is 10.6 Å². The van der Waals surface area contributed by atoms with Gasteiger partial charge in [-0.2, -0.15) is 0 Å². The molecule has 1 amide bonds. The summed E-state index contributed by atoms with van der Waals surface area (Å²) in [5, 5.41) is 6.72. The van der Waals surface area contributed by atoms with Crippen molar-refractivity contribution in [3.05, 3.63) is 47.7 Å². The van der Waals surface area contributed by atoms with Gasteiger partial charge in [0, 0.05) is 29.4 Å². The molecule has 2 fully saturated rings. The van der Waals surface area contributed by atoms with E-state index in [0.717, 1.165) is 17.7 Å². The topological polar surface area (TPSA) is 56.9 Å². The van der Waals surface area contributed by atoms with Crippen LogP contribution in [0.3, 0.4) is 0 Å². The zero-order valence-corrected chi connectivity index (χ0v) is 12.7. The SMILES string of the molecule is Cc1ccccc1-c1ccc(C(=O)N[C@@H]2C[C@H]3CC[C@@H]2N3)[nH]1. The summed E-state index contributed by atoms with van der Waals surface area (Å²) in [7, 11) is 0. The van der Waals surface area contributed by atoms with Crippen molar-refractivity contribution in [1.29, 1.82) is 0 Å². The average Bonchev–Trinajstić information content (AvgIpc) is 3.24. The lowest BCUT2D eigenvalue weighted by Crippen LogP contribution is -2.43. The standard InChI is InChI=1S/C18H21N3O/c1-11-4-2-3-5-13(11)14-8-9-16(20-14)18(22)21-17-10-12-6-7-15(17)19-12/h2-5,8-9,12,15,17,19-20H,6-7,10H2,1H3,(H,21,22)/t12-,15+,17-/m1/s1. The Kier molecular flexibility index (Phi) is 3.26. The fourth-order valence-corrected chi connectivity index (χ4v) is 3.79. The molecule has 1 aromatic carbocycles. The normalized spacial score (nSPS) is 26.3. The number of amides is 1. The second-order valence-corrected chi connectivity index (χ2v) is 6.46. The van der Waals surface area contributed by atoms with E-state index in [1.165, 1.54) is 18.4 Å². The minimum absolute atomic E-state index is 0.000755. The summed E-state index contributed by atoms with van der Waals surface area (Å²) in [6.07, 6.45) is 3.48. The summed E-state index contributed by atoms with van der Waals surface area (Å²) in [6.45, 7) is 2.08. The third-order valence-electron chi connectivity index (χ3n) is 4.98. The highest BCUT2D eigenvalue weighted by Crippen LogP contribution is 2.28. The van der Waals surface area contributed by atoms with Crippen LogP contribution in [0.4, 0.5) is 0 Å². The van der Waals surface area contributed by atoms with E-state index in [1.807, 2.05) is 24.3 Å². The Morgan fingerprint density at radius 2 is 2.05 bits per heavy atom. The first-order valence-electron chi connectivity index (χ1n) is 8.02. The van der Waals surface area contributed by atoms with Gasteiger partial charge in [-0.15, -0.1) is 0 Å². The van der Waals surface area contributed by atoms with Crippen LogP contribution in [0.15, 0.2) is 36.4 Å². The Morgan fingerprint density at radius 3 is 2.77 bits per heavy atom. The molecular weight excluding hydrogens is 274 g/mol. The van der Waals surface area contributed by atoms with E-state index in [4.69, 9.17) is 0 Å². The molecule has 4 rings (SSSR count). The van der Waals surface area contributed by atoms with Gasteiger partial charge in [0.25, 0.3) is 5.91 Å². The number of carbonyl (C=O) groups excluding carboxylic acids is 1. The molecule has 4 nitrogen and oxygen atoms in total. The van der Waals surface area contributed by atoms with Crippen LogP contribution in [0.1, 0.15) is 35.3 Å². The molecule has 3 atom stereocenters. The third kappa shape index (κ3) is 2.33. The molecular formula is C18H21N3O. The van der Waals surface area contributed by atoms with Crippen molar-refractivity contribution in [2.75, 3.05) is 0 Å². The number of carbonyl (C=O) groups is 1. The Balaban J connectivity index is 1.49. The van der Waals surface area contributed by atoms with E-state index < -0.39 is 0 Å². The van der Waals surface area contributed by atoms with E-state index in [2.05, 4.69) is 34.7 Å². The Morgan fingerprint density at radius 1 is 1.18 bits per heavy atom. The van der Waals surface area contributed by atoms with Gasteiger partial charge in [-0.25, -0.2) is 0 Å². The first kappa shape index (κ1) is 13.6. The van der Waals surface area contributed by atoms with Crippen LogP contribution in [-0.4, -0.2) is 29.0 Å². The summed E-state index contributed by atoms with van der Waals surface area (Å²) in [5.74, 6) is -0.000755. The second-order valence-electron chi connectivity index (χ2n) is 6.46. The van der Waals surface area contributed by atoms with Crippen molar-refractivity contribution in [2.45, 2.75) is 44.3 Å². The second kappa shape index (κ2) is 5.29. The molecule has 4 heteroatoms. The highest BCUT2D eigenvalue weighted by Gasteiger charge is 2.39. The van der Waals surface area contributed by atoms with Crippen LogP contribution in [0.25, 0.3) is 11.3 Å². The molecule has 114 valence electrons. The molecule has 2 bridgehead atoms. The van der Waals surface area contributed by atoms with Crippen molar-refractivity contribution in [1.82, 2.24) is 15.6 Å². The number of benzene rings is 1. The molecule has 0 saturated carbocycles. The van der Waals surface area contributed by atoms with Gasteiger partial charge in [0.15, 0.2) is 0 Å². The quantitative estimate of drug-likeness (QED) is 0.815. The molecule has 0 unspecified atom stereocenters. The molecule has 2 aliphatic rings. The summed E-state index contributed by atoms with van der Waals surface area (Å²) >= 11 is 0. The van der Waals surface area contributed by atoms with Crippen molar-refractivity contribution < 1.29 is 4.79 Å². The smallest absolute Gasteiger partial charge is 0.267 e. The molecule has 2 saturated heterocycles. The molecule has 0 radical (unpaired) electrons. The largest absolute Gasteiger partial charge is 0.351 e. The van der Waals surface area contributed by atoms with Crippen molar-refractivity contribution in [2.24, 2.45) is 0 Å². The van der Waals surface area contributed by atoms with Gasteiger partial charge < -0.3 is 15.6 Å². The molecule has 2 aromatic rings. The number of nitrogens with one attached hydrogen (secondary N) is 3. The maximum absolute atomic E-state index is 12.4. The number of aromatic nitrogens is 1. The molecule has 3 N–H and O–H groups in total. The number of hydrogen-bond acceptors (Lipinski definition) is 2. The molecule has 0 spiro atoms. The monoisotopic (exact) mass is 295 g/mol. The summed E-state index contributed by atoms with van der Waals surface area (Å²) in [6, 6.07) is 13.4. The predicted molar refractivity (Wildman–Crippen MR) is 86.8 cm³/mol. The Labute approximate surface area is 130 Å².